The van der Waals surface area contributed by atoms with Crippen molar-refractivity contribution in [2.75, 3.05) is 12.9 Å². The van der Waals surface area contributed by atoms with Crippen LogP contribution >= 0.6 is 11.8 Å². The molecule has 1 amide bonds. The van der Waals surface area contributed by atoms with Crippen LogP contribution in [-0.4, -0.2) is 41.7 Å². The van der Waals surface area contributed by atoms with E-state index in [2.05, 4.69) is 4.74 Å². The van der Waals surface area contributed by atoms with Crippen LogP contribution in [0, 0.1) is 0 Å². The highest BCUT2D eigenvalue weighted by atomic mass is 32.2. The van der Waals surface area contributed by atoms with Gasteiger partial charge < -0.3 is 18.8 Å². The fourth-order valence-electron chi connectivity index (χ4n) is 2.88. The molecule has 2 atom stereocenters. The van der Waals surface area contributed by atoms with Crippen molar-refractivity contribution in [3.63, 3.8) is 0 Å². The average molecular weight is 389 g/mol. The number of furan rings is 1. The Kier molecular flexibility index (Phi) is 5.85. The minimum atomic E-state index is -0.689. The quantitative estimate of drug-likeness (QED) is 0.727. The maximum absolute atomic E-state index is 12.6. The van der Waals surface area contributed by atoms with Crippen LogP contribution in [0.4, 0.5) is 0 Å². The fourth-order valence-corrected chi connectivity index (χ4v) is 4.30. The van der Waals surface area contributed by atoms with Crippen molar-refractivity contribution in [2.45, 2.75) is 24.9 Å². The maximum atomic E-state index is 12.6. The molecule has 2 heterocycles. The lowest BCUT2D eigenvalue weighted by molar-refractivity contribution is -0.154. The first-order chi connectivity index (χ1) is 13.0. The number of thioether (sulfide) groups is 1. The van der Waals surface area contributed by atoms with Gasteiger partial charge in [0, 0.05) is 12.7 Å². The minimum absolute atomic E-state index is 0.00198. The van der Waals surface area contributed by atoms with Crippen molar-refractivity contribution in [3.8, 4) is 0 Å². The fraction of sp³-hybridized carbons (Fsp3) is 0.316. The summed E-state index contributed by atoms with van der Waals surface area (Å²) in [7, 11) is 1.30. The number of amides is 1. The Morgan fingerprint density at radius 3 is 2.74 bits per heavy atom. The van der Waals surface area contributed by atoms with Crippen LogP contribution in [0.25, 0.3) is 0 Å². The predicted octanol–water partition coefficient (Wildman–Crippen LogP) is 2.77. The van der Waals surface area contributed by atoms with E-state index in [1.54, 1.807) is 36.4 Å². The summed E-state index contributed by atoms with van der Waals surface area (Å²) in [5.74, 6) is -0.131. The summed E-state index contributed by atoms with van der Waals surface area (Å²) in [4.78, 5) is 37.8. The second-order valence-corrected chi connectivity index (χ2v) is 7.06. The largest absolute Gasteiger partial charge is 0.466 e. The molecule has 27 heavy (non-hydrogen) atoms. The number of benzene rings is 1. The van der Waals surface area contributed by atoms with E-state index in [1.165, 1.54) is 37.0 Å². The summed E-state index contributed by atoms with van der Waals surface area (Å²) in [5, 5.41) is -0.349. The van der Waals surface area contributed by atoms with E-state index in [9.17, 15) is 14.4 Å². The van der Waals surface area contributed by atoms with E-state index in [1.807, 2.05) is 0 Å². The molecule has 3 rings (SSSR count). The van der Waals surface area contributed by atoms with Crippen molar-refractivity contribution in [3.05, 3.63) is 59.5 Å². The zero-order valence-electron chi connectivity index (χ0n) is 14.9. The van der Waals surface area contributed by atoms with Gasteiger partial charge in [0.15, 0.2) is 0 Å². The third-order valence-corrected chi connectivity index (χ3v) is 5.44. The summed E-state index contributed by atoms with van der Waals surface area (Å²) >= 11 is 1.45. The van der Waals surface area contributed by atoms with E-state index in [4.69, 9.17) is 9.15 Å². The normalized spacial score (nSPS) is 19.0. The molecule has 0 aliphatic carbocycles. The first-order valence-corrected chi connectivity index (χ1v) is 9.34. The Hall–Kier alpha value is -2.74. The van der Waals surface area contributed by atoms with E-state index >= 15 is 0 Å². The molecule has 0 bridgehead atoms. The third kappa shape index (κ3) is 4.16. The molecule has 7 nitrogen and oxygen atoms in total. The number of carbonyl (C=O) groups excluding carboxylic acids is 3. The zero-order valence-corrected chi connectivity index (χ0v) is 15.7. The van der Waals surface area contributed by atoms with Gasteiger partial charge >= 0.3 is 11.9 Å². The summed E-state index contributed by atoms with van der Waals surface area (Å²) in [5.41, 5.74) is 1.04. The molecule has 0 unspecified atom stereocenters. The number of rotatable bonds is 5. The second kappa shape index (κ2) is 8.30. The molecule has 8 heteroatoms. The Balaban J connectivity index is 1.67. The Labute approximate surface area is 160 Å². The highest BCUT2D eigenvalue weighted by Crippen LogP contribution is 2.41. The van der Waals surface area contributed by atoms with E-state index < -0.39 is 18.0 Å². The van der Waals surface area contributed by atoms with Gasteiger partial charge in [-0.15, -0.1) is 11.8 Å². The smallest absolute Gasteiger partial charge is 0.337 e. The van der Waals surface area contributed by atoms with Crippen LogP contribution in [0.15, 0.2) is 47.1 Å². The topological polar surface area (TPSA) is 86.1 Å². The van der Waals surface area contributed by atoms with Gasteiger partial charge in [-0.3, -0.25) is 4.79 Å². The number of methoxy groups -OCH3 is 1. The van der Waals surface area contributed by atoms with Gasteiger partial charge in [0.2, 0.25) is 5.91 Å². The molecule has 0 saturated carbocycles. The van der Waals surface area contributed by atoms with Crippen molar-refractivity contribution < 1.29 is 28.3 Å². The molecule has 0 radical (unpaired) electrons. The van der Waals surface area contributed by atoms with Gasteiger partial charge in [0.25, 0.3) is 0 Å². The number of nitrogens with zero attached hydrogens (tertiary/aromatic N) is 1. The highest BCUT2D eigenvalue weighted by molar-refractivity contribution is 7.99. The molecule has 1 aliphatic heterocycles. The van der Waals surface area contributed by atoms with Crippen LogP contribution in [0.5, 0.6) is 0 Å². The van der Waals surface area contributed by atoms with E-state index in [0.29, 0.717) is 22.6 Å². The van der Waals surface area contributed by atoms with Crippen LogP contribution < -0.4 is 0 Å². The maximum Gasteiger partial charge on any atom is 0.337 e. The molecule has 142 valence electrons. The molecule has 0 N–H and O–H groups in total. The molecule has 1 fully saturated rings. The Morgan fingerprint density at radius 1 is 1.26 bits per heavy atom. The van der Waals surface area contributed by atoms with E-state index in [0.717, 1.165) is 0 Å². The highest BCUT2D eigenvalue weighted by Gasteiger charge is 2.43. The van der Waals surface area contributed by atoms with Crippen LogP contribution in [0.3, 0.4) is 0 Å². The van der Waals surface area contributed by atoms with Gasteiger partial charge in [0.05, 0.1) is 18.9 Å². The summed E-state index contributed by atoms with van der Waals surface area (Å²) in [6.45, 7) is 1.42. The number of hydrogen-bond acceptors (Lipinski definition) is 7. The lowest BCUT2D eigenvalue weighted by Crippen LogP contribution is -2.42. The molecule has 1 aromatic heterocycles. The monoisotopic (exact) mass is 389 g/mol. The van der Waals surface area contributed by atoms with Gasteiger partial charge in [0.1, 0.15) is 23.8 Å². The van der Waals surface area contributed by atoms with Crippen molar-refractivity contribution in [2.24, 2.45) is 0 Å². The number of esters is 2. The summed E-state index contributed by atoms with van der Waals surface area (Å²) in [6, 6.07) is 9.50. The molecule has 1 saturated heterocycles. The van der Waals surface area contributed by atoms with Crippen LogP contribution in [0.2, 0.25) is 0 Å². The Bertz CT molecular complexity index is 834. The molecular weight excluding hydrogens is 370 g/mol. The van der Waals surface area contributed by atoms with Gasteiger partial charge in [-0.2, -0.15) is 0 Å². The van der Waals surface area contributed by atoms with Crippen molar-refractivity contribution >= 4 is 29.6 Å². The lowest BCUT2D eigenvalue weighted by atomic mass is 10.1. The Morgan fingerprint density at radius 2 is 2.07 bits per heavy atom. The van der Waals surface area contributed by atoms with Gasteiger partial charge in [-0.25, -0.2) is 9.59 Å². The molecule has 1 aromatic carbocycles. The molecule has 1 aliphatic rings. The zero-order chi connectivity index (χ0) is 19.4. The van der Waals surface area contributed by atoms with Crippen LogP contribution in [-0.2, 0) is 25.7 Å². The predicted molar refractivity (Wildman–Crippen MR) is 97.8 cm³/mol. The minimum Gasteiger partial charge on any atom is -0.466 e. The second-order valence-electron chi connectivity index (χ2n) is 5.94. The SMILES string of the molecule is COC(=O)c1cccc(COC(=O)[C@@H]2CS[C@H](c3ccco3)N2C(C)=O)c1. The first-order valence-electron chi connectivity index (χ1n) is 8.29. The first kappa shape index (κ1) is 19.0. The average Bonchev–Trinajstić information content (AvgIpc) is 3.34. The molecule has 0 spiro atoms. The van der Waals surface area contributed by atoms with Gasteiger partial charge in [-0.05, 0) is 29.8 Å². The van der Waals surface area contributed by atoms with Crippen molar-refractivity contribution in [1.29, 1.82) is 0 Å². The summed E-state index contributed by atoms with van der Waals surface area (Å²) in [6.07, 6.45) is 1.54. The summed E-state index contributed by atoms with van der Waals surface area (Å²) < 4.78 is 15.5. The number of hydrogen-bond donors (Lipinski definition) is 0. The molecule has 2 aromatic rings. The number of carbonyl (C=O) groups is 3. The standard InChI is InChI=1S/C19H19NO6S/c1-12(21)20-15(11-27-17(20)16-7-4-8-25-16)19(23)26-10-13-5-3-6-14(9-13)18(22)24-2/h3-9,15,17H,10-11H2,1-2H3/t15-,17+/m0/s1. The lowest BCUT2D eigenvalue weighted by Gasteiger charge is -2.25. The van der Waals surface area contributed by atoms with Crippen LogP contribution in [0.1, 0.15) is 34.0 Å². The van der Waals surface area contributed by atoms with E-state index in [-0.39, 0.29) is 17.9 Å². The number of ether oxygens (including phenoxy) is 2. The molecular formula is C19H19NO6S. The van der Waals surface area contributed by atoms with Gasteiger partial charge in [-0.1, -0.05) is 12.1 Å². The third-order valence-electron chi connectivity index (χ3n) is 4.15. The van der Waals surface area contributed by atoms with Crippen molar-refractivity contribution in [1.82, 2.24) is 4.90 Å².